The molecule has 5 nitrogen and oxygen atoms in total. The minimum Gasteiger partial charge on any atom is -0.339 e. The molecule has 1 aliphatic rings. The first kappa shape index (κ1) is 9.73. The van der Waals surface area contributed by atoms with Gasteiger partial charge in [0.2, 0.25) is 5.91 Å². The maximum absolute atomic E-state index is 11.0. The second-order valence-electron chi connectivity index (χ2n) is 2.92. The van der Waals surface area contributed by atoms with Crippen LogP contribution in [0.25, 0.3) is 0 Å². The summed E-state index contributed by atoms with van der Waals surface area (Å²) in [5.74, 6) is 4.75. The van der Waals surface area contributed by atoms with E-state index in [9.17, 15) is 9.59 Å². The molecule has 0 radical (unpaired) electrons. The van der Waals surface area contributed by atoms with Crippen molar-refractivity contribution in [1.29, 1.82) is 0 Å². The van der Waals surface area contributed by atoms with Gasteiger partial charge in [0.15, 0.2) is 0 Å². The summed E-state index contributed by atoms with van der Waals surface area (Å²) in [6.07, 6.45) is 2.30. The van der Waals surface area contributed by atoms with Gasteiger partial charge < -0.3 is 4.90 Å². The summed E-state index contributed by atoms with van der Waals surface area (Å²) in [7, 11) is 0. The van der Waals surface area contributed by atoms with Crippen LogP contribution in [0.15, 0.2) is 11.6 Å². The fourth-order valence-corrected chi connectivity index (χ4v) is 1.25. The van der Waals surface area contributed by atoms with E-state index in [2.05, 4.69) is 5.43 Å². The van der Waals surface area contributed by atoms with Crippen LogP contribution in [0.1, 0.15) is 13.3 Å². The quantitative estimate of drug-likeness (QED) is 0.316. The van der Waals surface area contributed by atoms with Gasteiger partial charge in [-0.05, 0) is 6.42 Å². The minimum absolute atomic E-state index is 0.0310. The molecule has 0 unspecified atom stereocenters. The highest BCUT2D eigenvalue weighted by Crippen LogP contribution is 2.10. The standard InChI is InChI=1S/C8H13N3O2/c1-6(12)11-4-2-7(3-5-11)8(13)10-9/h2H,3-5,9H2,1H3,(H,10,13). The maximum atomic E-state index is 11.0. The lowest BCUT2D eigenvalue weighted by Crippen LogP contribution is -2.38. The fraction of sp³-hybridized carbons (Fsp3) is 0.500. The molecule has 0 aromatic rings. The molecule has 72 valence electrons. The van der Waals surface area contributed by atoms with E-state index in [1.54, 1.807) is 11.0 Å². The van der Waals surface area contributed by atoms with Crippen molar-refractivity contribution >= 4 is 11.8 Å². The number of hydrazine groups is 1. The first-order valence-corrected chi connectivity index (χ1v) is 4.10. The molecule has 0 aromatic carbocycles. The van der Waals surface area contributed by atoms with Gasteiger partial charge in [0, 0.05) is 25.6 Å². The summed E-state index contributed by atoms with van der Waals surface area (Å²) in [6.45, 7) is 2.61. The minimum atomic E-state index is -0.261. The number of nitrogens with two attached hydrogens (primary N) is 1. The van der Waals surface area contributed by atoms with Gasteiger partial charge in [0.25, 0.3) is 5.91 Å². The second-order valence-corrected chi connectivity index (χ2v) is 2.92. The second kappa shape index (κ2) is 4.04. The van der Waals surface area contributed by atoms with Crippen molar-refractivity contribution in [2.24, 2.45) is 5.84 Å². The van der Waals surface area contributed by atoms with Crippen LogP contribution in [-0.4, -0.2) is 29.8 Å². The van der Waals surface area contributed by atoms with Crippen molar-refractivity contribution in [3.63, 3.8) is 0 Å². The molecule has 0 fully saturated rings. The summed E-state index contributed by atoms with van der Waals surface area (Å²) in [5.41, 5.74) is 2.72. The van der Waals surface area contributed by atoms with E-state index >= 15 is 0 Å². The zero-order valence-corrected chi connectivity index (χ0v) is 7.54. The van der Waals surface area contributed by atoms with Crippen LogP contribution in [0.2, 0.25) is 0 Å². The first-order valence-electron chi connectivity index (χ1n) is 4.10. The molecule has 5 heteroatoms. The maximum Gasteiger partial charge on any atom is 0.260 e. The first-order chi connectivity index (χ1) is 6.15. The number of carbonyl (C=O) groups excluding carboxylic acids is 2. The van der Waals surface area contributed by atoms with Gasteiger partial charge in [-0.15, -0.1) is 0 Å². The van der Waals surface area contributed by atoms with Crippen molar-refractivity contribution < 1.29 is 9.59 Å². The van der Waals surface area contributed by atoms with E-state index in [0.29, 0.717) is 25.1 Å². The molecule has 0 aliphatic carbocycles. The molecule has 0 spiro atoms. The number of rotatable bonds is 1. The van der Waals surface area contributed by atoms with E-state index in [1.165, 1.54) is 6.92 Å². The number of nitrogens with zero attached hydrogens (tertiary/aromatic N) is 1. The van der Waals surface area contributed by atoms with Gasteiger partial charge >= 0.3 is 0 Å². The van der Waals surface area contributed by atoms with Crippen molar-refractivity contribution in [3.8, 4) is 0 Å². The lowest BCUT2D eigenvalue weighted by molar-refractivity contribution is -0.129. The number of amides is 2. The monoisotopic (exact) mass is 183 g/mol. The normalized spacial score (nSPS) is 16.5. The van der Waals surface area contributed by atoms with E-state index in [1.807, 2.05) is 0 Å². The summed E-state index contributed by atoms with van der Waals surface area (Å²) in [6, 6.07) is 0. The number of hydrogen-bond acceptors (Lipinski definition) is 3. The van der Waals surface area contributed by atoms with Gasteiger partial charge in [0.05, 0.1) is 0 Å². The third-order valence-electron chi connectivity index (χ3n) is 2.08. The molecule has 13 heavy (non-hydrogen) atoms. The number of carbonyl (C=O) groups is 2. The summed E-state index contributed by atoms with van der Waals surface area (Å²) in [5, 5.41) is 0. The topological polar surface area (TPSA) is 75.4 Å². The highest BCUT2D eigenvalue weighted by Gasteiger charge is 2.17. The number of hydrogen-bond donors (Lipinski definition) is 2. The Morgan fingerprint density at radius 3 is 2.69 bits per heavy atom. The third-order valence-corrected chi connectivity index (χ3v) is 2.08. The Hall–Kier alpha value is -1.36. The average Bonchev–Trinajstić information content (AvgIpc) is 2.17. The average molecular weight is 183 g/mol. The van der Waals surface area contributed by atoms with Gasteiger partial charge in [-0.25, -0.2) is 5.84 Å². The van der Waals surface area contributed by atoms with Crippen LogP contribution < -0.4 is 11.3 Å². The van der Waals surface area contributed by atoms with Crippen molar-refractivity contribution in [3.05, 3.63) is 11.6 Å². The van der Waals surface area contributed by atoms with E-state index in [-0.39, 0.29) is 11.8 Å². The summed E-state index contributed by atoms with van der Waals surface area (Å²) in [4.78, 5) is 23.6. The fourth-order valence-electron chi connectivity index (χ4n) is 1.25. The Morgan fingerprint density at radius 1 is 1.62 bits per heavy atom. The highest BCUT2D eigenvalue weighted by molar-refractivity contribution is 5.93. The molecular weight excluding hydrogens is 170 g/mol. The van der Waals surface area contributed by atoms with Crippen LogP contribution in [0.4, 0.5) is 0 Å². The molecule has 2 amide bonds. The molecule has 3 N–H and O–H groups in total. The molecule has 1 rings (SSSR count). The predicted octanol–water partition coefficient (Wildman–Crippen LogP) is -0.845. The smallest absolute Gasteiger partial charge is 0.260 e. The van der Waals surface area contributed by atoms with Crippen molar-refractivity contribution in [2.75, 3.05) is 13.1 Å². The van der Waals surface area contributed by atoms with Gasteiger partial charge in [-0.2, -0.15) is 0 Å². The van der Waals surface area contributed by atoms with Gasteiger partial charge in [-0.3, -0.25) is 15.0 Å². The van der Waals surface area contributed by atoms with Crippen molar-refractivity contribution in [2.45, 2.75) is 13.3 Å². The lowest BCUT2D eigenvalue weighted by atomic mass is 10.1. The van der Waals surface area contributed by atoms with Crippen molar-refractivity contribution in [1.82, 2.24) is 10.3 Å². The lowest BCUT2D eigenvalue weighted by Gasteiger charge is -2.24. The van der Waals surface area contributed by atoms with Crippen LogP contribution in [0.3, 0.4) is 0 Å². The Kier molecular flexibility index (Phi) is 3.02. The Morgan fingerprint density at radius 2 is 2.31 bits per heavy atom. The third kappa shape index (κ3) is 2.29. The molecule has 0 saturated carbocycles. The van der Waals surface area contributed by atoms with E-state index in [0.717, 1.165) is 0 Å². The predicted molar refractivity (Wildman–Crippen MR) is 47.3 cm³/mol. The highest BCUT2D eigenvalue weighted by atomic mass is 16.2. The summed E-state index contributed by atoms with van der Waals surface area (Å²) < 4.78 is 0. The molecule has 1 heterocycles. The Labute approximate surface area is 76.5 Å². The van der Waals surface area contributed by atoms with Gasteiger partial charge in [-0.1, -0.05) is 6.08 Å². The van der Waals surface area contributed by atoms with Crippen LogP contribution in [-0.2, 0) is 9.59 Å². The van der Waals surface area contributed by atoms with E-state index < -0.39 is 0 Å². The molecular formula is C8H13N3O2. The van der Waals surface area contributed by atoms with Crippen LogP contribution in [0, 0.1) is 0 Å². The SMILES string of the molecule is CC(=O)N1CC=C(C(=O)NN)CC1. The molecule has 0 saturated heterocycles. The molecule has 0 aromatic heterocycles. The Balaban J connectivity index is 2.57. The Bertz CT molecular complexity index is 260. The molecule has 0 bridgehead atoms. The number of nitrogens with one attached hydrogen (secondary N) is 1. The van der Waals surface area contributed by atoms with Crippen LogP contribution in [0.5, 0.6) is 0 Å². The van der Waals surface area contributed by atoms with Crippen LogP contribution >= 0.6 is 0 Å². The van der Waals surface area contributed by atoms with E-state index in [4.69, 9.17) is 5.84 Å². The van der Waals surface area contributed by atoms with Gasteiger partial charge in [0.1, 0.15) is 0 Å². The molecule has 1 aliphatic heterocycles. The molecule has 0 atom stereocenters. The zero-order valence-electron chi connectivity index (χ0n) is 7.54. The largest absolute Gasteiger partial charge is 0.339 e. The summed E-state index contributed by atoms with van der Waals surface area (Å²) >= 11 is 0. The zero-order chi connectivity index (χ0) is 9.84.